The van der Waals surface area contributed by atoms with Gasteiger partial charge in [0.25, 0.3) is 0 Å². The molecule has 0 aliphatic carbocycles. The van der Waals surface area contributed by atoms with Gasteiger partial charge < -0.3 is 30.7 Å². The molecule has 8 heteroatoms. The Morgan fingerprint density at radius 2 is 1.79 bits per heavy atom. The van der Waals surface area contributed by atoms with E-state index in [1.807, 2.05) is 19.1 Å². The van der Waals surface area contributed by atoms with Gasteiger partial charge in [-0.15, -0.1) is 0 Å². The minimum absolute atomic E-state index is 0.00157. The second-order valence-electron chi connectivity index (χ2n) is 6.93. The fourth-order valence-corrected chi connectivity index (χ4v) is 2.88. The summed E-state index contributed by atoms with van der Waals surface area (Å²) < 4.78 is 11.4. The van der Waals surface area contributed by atoms with Crippen molar-refractivity contribution in [1.29, 1.82) is 0 Å². The van der Waals surface area contributed by atoms with Crippen LogP contribution in [0.3, 0.4) is 0 Å². The number of nitrogens with one attached hydrogen (secondary N) is 1. The van der Waals surface area contributed by atoms with Crippen LogP contribution in [0.2, 0.25) is 0 Å². The van der Waals surface area contributed by atoms with Gasteiger partial charge in [0.1, 0.15) is 11.5 Å². The van der Waals surface area contributed by atoms with Crippen LogP contribution in [0.25, 0.3) is 0 Å². The highest BCUT2D eigenvalue weighted by atomic mass is 16.5. The molecular formula is C20H30N4O4. The molecule has 0 amide bonds. The first kappa shape index (κ1) is 21.7. The van der Waals surface area contributed by atoms with Crippen LogP contribution < -0.4 is 20.5 Å². The minimum Gasteiger partial charge on any atom is -0.496 e. The summed E-state index contributed by atoms with van der Waals surface area (Å²) in [5, 5.41) is 21.3. The summed E-state index contributed by atoms with van der Waals surface area (Å²) in [4.78, 5) is 8.50. The molecule has 0 fully saturated rings. The molecule has 0 spiro atoms. The molecule has 1 heterocycles. The summed E-state index contributed by atoms with van der Waals surface area (Å²) in [6.45, 7) is 6.16. The summed E-state index contributed by atoms with van der Waals surface area (Å²) in [5.41, 5.74) is 8.14. The maximum atomic E-state index is 9.12. The molecule has 0 bridgehead atoms. The lowest BCUT2D eigenvalue weighted by atomic mass is 9.99. The molecular weight excluding hydrogens is 360 g/mol. The van der Waals surface area contributed by atoms with Crippen molar-refractivity contribution in [3.05, 3.63) is 29.5 Å². The average Bonchev–Trinajstić information content (AvgIpc) is 2.65. The van der Waals surface area contributed by atoms with E-state index >= 15 is 0 Å². The fourth-order valence-electron chi connectivity index (χ4n) is 2.88. The van der Waals surface area contributed by atoms with Crippen molar-refractivity contribution >= 4 is 11.8 Å². The van der Waals surface area contributed by atoms with Crippen LogP contribution in [0, 0.1) is 6.92 Å². The molecule has 2 rings (SSSR count). The van der Waals surface area contributed by atoms with Crippen molar-refractivity contribution in [3.8, 4) is 17.2 Å². The highest BCUT2D eigenvalue weighted by molar-refractivity contribution is 5.53. The van der Waals surface area contributed by atoms with Gasteiger partial charge in [0.2, 0.25) is 5.95 Å². The maximum absolute atomic E-state index is 9.12. The van der Waals surface area contributed by atoms with Crippen LogP contribution in [0.4, 0.5) is 11.8 Å². The van der Waals surface area contributed by atoms with Crippen LogP contribution in [0.5, 0.6) is 17.2 Å². The van der Waals surface area contributed by atoms with Gasteiger partial charge in [-0.05, 0) is 42.9 Å². The first-order valence-electron chi connectivity index (χ1n) is 9.36. The number of anilines is 2. The molecule has 5 N–H and O–H groups in total. The maximum Gasteiger partial charge on any atom is 0.225 e. The van der Waals surface area contributed by atoms with E-state index in [1.54, 1.807) is 7.11 Å². The lowest BCUT2D eigenvalue weighted by molar-refractivity contribution is 0.247. The monoisotopic (exact) mass is 390 g/mol. The highest BCUT2D eigenvalue weighted by Gasteiger charge is 2.16. The third kappa shape index (κ3) is 5.46. The number of rotatable bonds is 10. The summed E-state index contributed by atoms with van der Waals surface area (Å²) in [6.07, 6.45) is 2.46. The van der Waals surface area contributed by atoms with E-state index in [4.69, 9.17) is 25.4 Å². The van der Waals surface area contributed by atoms with Gasteiger partial charge in [0.05, 0.1) is 13.3 Å². The van der Waals surface area contributed by atoms with Gasteiger partial charge in [-0.3, -0.25) is 0 Å². The number of aryl methyl sites for hydroxylation is 1. The lowest BCUT2D eigenvalue weighted by Gasteiger charge is -2.19. The second-order valence-corrected chi connectivity index (χ2v) is 6.93. The lowest BCUT2D eigenvalue weighted by Crippen LogP contribution is -2.23. The quantitative estimate of drug-likeness (QED) is 0.488. The number of ether oxygens (including phenoxy) is 2. The van der Waals surface area contributed by atoms with Gasteiger partial charge in [-0.1, -0.05) is 13.8 Å². The zero-order valence-electron chi connectivity index (χ0n) is 16.9. The molecule has 28 heavy (non-hydrogen) atoms. The van der Waals surface area contributed by atoms with Crippen molar-refractivity contribution < 1.29 is 19.7 Å². The number of nitrogens with two attached hydrogens (primary N) is 1. The molecule has 0 saturated carbocycles. The van der Waals surface area contributed by atoms with E-state index in [2.05, 4.69) is 29.1 Å². The van der Waals surface area contributed by atoms with Gasteiger partial charge in [-0.25, -0.2) is 4.98 Å². The number of methoxy groups -OCH3 is 1. The van der Waals surface area contributed by atoms with Gasteiger partial charge in [-0.2, -0.15) is 4.98 Å². The molecule has 0 radical (unpaired) electrons. The normalized spacial score (nSPS) is 11.1. The summed E-state index contributed by atoms with van der Waals surface area (Å²) in [7, 11) is 1.62. The van der Waals surface area contributed by atoms with E-state index in [0.29, 0.717) is 30.3 Å². The molecule has 0 atom stereocenters. The number of aromatic nitrogens is 2. The first-order valence-corrected chi connectivity index (χ1v) is 9.36. The Kier molecular flexibility index (Phi) is 7.83. The fraction of sp³-hybridized carbons (Fsp3) is 0.500. The molecule has 1 aromatic carbocycles. The summed E-state index contributed by atoms with van der Waals surface area (Å²) in [5.74, 6) is 2.49. The van der Waals surface area contributed by atoms with Crippen molar-refractivity contribution in [1.82, 2.24) is 9.97 Å². The summed E-state index contributed by atoms with van der Waals surface area (Å²) in [6, 6.07) is 3.74. The van der Waals surface area contributed by atoms with Crippen molar-refractivity contribution in [2.75, 3.05) is 31.4 Å². The topological polar surface area (TPSA) is 123 Å². The third-order valence-electron chi connectivity index (χ3n) is 4.44. The zero-order valence-corrected chi connectivity index (χ0v) is 16.9. The largest absolute Gasteiger partial charge is 0.496 e. The van der Waals surface area contributed by atoms with E-state index in [1.165, 1.54) is 6.20 Å². The van der Waals surface area contributed by atoms with Crippen molar-refractivity contribution in [2.45, 2.75) is 45.6 Å². The van der Waals surface area contributed by atoms with Crippen LogP contribution in [-0.2, 0) is 0 Å². The van der Waals surface area contributed by atoms with E-state index in [9.17, 15) is 0 Å². The Hall–Kier alpha value is -2.58. The number of benzene rings is 1. The first-order chi connectivity index (χ1) is 13.4. The molecule has 2 aromatic rings. The number of hydrogen-bond donors (Lipinski definition) is 4. The van der Waals surface area contributed by atoms with E-state index in [0.717, 1.165) is 16.9 Å². The number of aliphatic hydroxyl groups excluding tert-OH is 2. The number of nitrogen functional groups attached to an aromatic ring is 1. The van der Waals surface area contributed by atoms with Crippen molar-refractivity contribution in [3.63, 3.8) is 0 Å². The average molecular weight is 390 g/mol. The number of aliphatic hydroxyl groups is 2. The number of hydrogen-bond acceptors (Lipinski definition) is 8. The standard InChI is InChI=1S/C20H30N4O4/c1-12(2)15-9-13(3)16(27-4)10-17(15)28-18-11-22-20(24-19(18)21)23-14(5-7-25)6-8-26/h9-12,14,25-26H,5-8H2,1-4H3,(H3,21,22,23,24). The number of nitrogens with zero attached hydrogens (tertiary/aromatic N) is 2. The van der Waals surface area contributed by atoms with E-state index < -0.39 is 0 Å². The van der Waals surface area contributed by atoms with Crippen molar-refractivity contribution in [2.24, 2.45) is 0 Å². The van der Waals surface area contributed by atoms with Crippen LogP contribution in [0.15, 0.2) is 18.3 Å². The van der Waals surface area contributed by atoms with Gasteiger partial charge >= 0.3 is 0 Å². The molecule has 0 aliphatic rings. The minimum atomic E-state index is -0.143. The van der Waals surface area contributed by atoms with E-state index in [-0.39, 0.29) is 31.0 Å². The molecule has 1 aromatic heterocycles. The molecule has 154 valence electrons. The molecule has 0 aliphatic heterocycles. The van der Waals surface area contributed by atoms with Crippen LogP contribution in [-0.4, -0.2) is 46.5 Å². The Bertz CT molecular complexity index is 777. The smallest absolute Gasteiger partial charge is 0.225 e. The third-order valence-corrected chi connectivity index (χ3v) is 4.44. The zero-order chi connectivity index (χ0) is 20.7. The Balaban J connectivity index is 2.25. The Labute approximate surface area is 165 Å². The van der Waals surface area contributed by atoms with Crippen LogP contribution in [0.1, 0.15) is 43.7 Å². The Morgan fingerprint density at radius 1 is 1.11 bits per heavy atom. The second kappa shape index (κ2) is 10.1. The molecule has 0 saturated heterocycles. The SMILES string of the molecule is COc1cc(Oc2cnc(NC(CCO)CCO)nc2N)c(C(C)C)cc1C. The van der Waals surface area contributed by atoms with Gasteiger partial charge in [0.15, 0.2) is 11.6 Å². The van der Waals surface area contributed by atoms with Gasteiger partial charge in [0, 0.05) is 25.3 Å². The highest BCUT2D eigenvalue weighted by Crippen LogP contribution is 2.37. The molecule has 8 nitrogen and oxygen atoms in total. The Morgan fingerprint density at radius 3 is 2.32 bits per heavy atom. The summed E-state index contributed by atoms with van der Waals surface area (Å²) >= 11 is 0. The predicted octanol–water partition coefficient (Wildman–Crippen LogP) is 2.84. The predicted molar refractivity (Wildman–Crippen MR) is 109 cm³/mol. The van der Waals surface area contributed by atoms with Crippen LogP contribution >= 0.6 is 0 Å². The molecule has 0 unspecified atom stereocenters.